The van der Waals surface area contributed by atoms with Gasteiger partial charge in [-0.2, -0.15) is 0 Å². The molecule has 20 heavy (non-hydrogen) atoms. The van der Waals surface area contributed by atoms with Crippen molar-refractivity contribution in [3.63, 3.8) is 0 Å². The molecule has 3 heteroatoms. The van der Waals surface area contributed by atoms with Gasteiger partial charge in [-0.15, -0.1) is 0 Å². The third-order valence-corrected chi connectivity index (χ3v) is 3.55. The van der Waals surface area contributed by atoms with Gasteiger partial charge in [-0.05, 0) is 49.3 Å². The molecule has 0 bridgehead atoms. The molecule has 0 amide bonds. The Morgan fingerprint density at radius 1 is 1.25 bits per heavy atom. The Morgan fingerprint density at radius 3 is 2.70 bits per heavy atom. The largest absolute Gasteiger partial charge is 0.482 e. The van der Waals surface area contributed by atoms with Crippen molar-refractivity contribution < 1.29 is 14.3 Å². The minimum Gasteiger partial charge on any atom is -0.482 e. The second kappa shape index (κ2) is 7.73. The van der Waals surface area contributed by atoms with Crippen molar-refractivity contribution in [2.24, 2.45) is 5.92 Å². The molecule has 2 rings (SSSR count). The molecule has 0 radical (unpaired) electrons. The van der Waals surface area contributed by atoms with E-state index in [1.165, 1.54) is 5.56 Å². The standard InChI is InChI=1S/C17H22O3/c1-2-14-8-10-16(11-9-14)19-13-17(18)20-12-15-6-4-3-5-7-15/h3-4,8-11,15H,2,5-7,12-13H2,1H3. The van der Waals surface area contributed by atoms with Crippen molar-refractivity contribution in [3.8, 4) is 5.75 Å². The van der Waals surface area contributed by atoms with Crippen LogP contribution in [0.4, 0.5) is 0 Å². The summed E-state index contributed by atoms with van der Waals surface area (Å²) in [5.41, 5.74) is 1.25. The Bertz CT molecular complexity index is 448. The number of benzene rings is 1. The van der Waals surface area contributed by atoms with Gasteiger partial charge in [-0.3, -0.25) is 0 Å². The molecular weight excluding hydrogens is 252 g/mol. The average molecular weight is 274 g/mol. The van der Waals surface area contributed by atoms with E-state index in [1.54, 1.807) is 0 Å². The van der Waals surface area contributed by atoms with Crippen LogP contribution >= 0.6 is 0 Å². The molecule has 3 nitrogen and oxygen atoms in total. The number of carbonyl (C=O) groups excluding carboxylic acids is 1. The minimum atomic E-state index is -0.292. The first-order chi connectivity index (χ1) is 9.78. The van der Waals surface area contributed by atoms with Gasteiger partial charge in [0, 0.05) is 0 Å². The number of esters is 1. The maximum Gasteiger partial charge on any atom is 0.344 e. The van der Waals surface area contributed by atoms with Crippen LogP contribution in [-0.2, 0) is 16.0 Å². The molecule has 1 aliphatic rings. The van der Waals surface area contributed by atoms with Gasteiger partial charge in [-0.1, -0.05) is 31.2 Å². The molecule has 0 fully saturated rings. The first-order valence-corrected chi connectivity index (χ1v) is 7.30. The van der Waals surface area contributed by atoms with Crippen LogP contribution in [0.2, 0.25) is 0 Å². The lowest BCUT2D eigenvalue weighted by molar-refractivity contribution is -0.147. The number of carbonyl (C=O) groups is 1. The van der Waals surface area contributed by atoms with Gasteiger partial charge in [0.15, 0.2) is 6.61 Å². The van der Waals surface area contributed by atoms with E-state index in [1.807, 2.05) is 24.3 Å². The predicted molar refractivity (Wildman–Crippen MR) is 78.8 cm³/mol. The summed E-state index contributed by atoms with van der Waals surface area (Å²) in [5.74, 6) is 0.881. The monoisotopic (exact) mass is 274 g/mol. The summed E-state index contributed by atoms with van der Waals surface area (Å²) in [6, 6.07) is 7.79. The summed E-state index contributed by atoms with van der Waals surface area (Å²) in [7, 11) is 0. The zero-order valence-corrected chi connectivity index (χ0v) is 12.0. The Hall–Kier alpha value is -1.77. The lowest BCUT2D eigenvalue weighted by atomic mass is 9.95. The maximum atomic E-state index is 11.6. The van der Waals surface area contributed by atoms with Gasteiger partial charge in [0.25, 0.3) is 0 Å². The molecular formula is C17H22O3. The van der Waals surface area contributed by atoms with Crippen molar-refractivity contribution in [1.82, 2.24) is 0 Å². The third kappa shape index (κ3) is 4.72. The highest BCUT2D eigenvalue weighted by atomic mass is 16.6. The Balaban J connectivity index is 1.67. The summed E-state index contributed by atoms with van der Waals surface area (Å²) in [5, 5.41) is 0. The zero-order valence-electron chi connectivity index (χ0n) is 12.0. The smallest absolute Gasteiger partial charge is 0.344 e. The molecule has 0 aliphatic heterocycles. The number of allylic oxidation sites excluding steroid dienone is 2. The summed E-state index contributed by atoms with van der Waals surface area (Å²) < 4.78 is 10.7. The van der Waals surface area contributed by atoms with Gasteiger partial charge < -0.3 is 9.47 Å². The number of rotatable bonds is 6. The molecule has 108 valence electrons. The van der Waals surface area contributed by atoms with Gasteiger partial charge >= 0.3 is 5.97 Å². The van der Waals surface area contributed by atoms with Crippen LogP contribution in [0.3, 0.4) is 0 Å². The number of hydrogen-bond acceptors (Lipinski definition) is 3. The molecule has 1 aliphatic carbocycles. The first-order valence-electron chi connectivity index (χ1n) is 7.30. The molecule has 0 heterocycles. The van der Waals surface area contributed by atoms with Crippen LogP contribution in [0.25, 0.3) is 0 Å². The maximum absolute atomic E-state index is 11.6. The molecule has 1 unspecified atom stereocenters. The molecule has 0 N–H and O–H groups in total. The van der Waals surface area contributed by atoms with Crippen molar-refractivity contribution in [2.45, 2.75) is 32.6 Å². The molecule has 1 aromatic carbocycles. The second-order valence-corrected chi connectivity index (χ2v) is 5.12. The highest BCUT2D eigenvalue weighted by molar-refractivity contribution is 5.71. The van der Waals surface area contributed by atoms with Crippen LogP contribution in [0.5, 0.6) is 5.75 Å². The number of hydrogen-bond donors (Lipinski definition) is 0. The fourth-order valence-electron chi connectivity index (χ4n) is 2.22. The van der Waals surface area contributed by atoms with Crippen LogP contribution in [0.15, 0.2) is 36.4 Å². The van der Waals surface area contributed by atoms with Crippen LogP contribution in [-0.4, -0.2) is 19.2 Å². The fraction of sp³-hybridized carbons (Fsp3) is 0.471. The van der Waals surface area contributed by atoms with Crippen molar-refractivity contribution in [1.29, 1.82) is 0 Å². The van der Waals surface area contributed by atoms with Gasteiger partial charge in [0.05, 0.1) is 6.61 Å². The van der Waals surface area contributed by atoms with Gasteiger partial charge in [0.1, 0.15) is 5.75 Å². The van der Waals surface area contributed by atoms with E-state index in [0.717, 1.165) is 25.7 Å². The zero-order chi connectivity index (χ0) is 14.2. The summed E-state index contributed by atoms with van der Waals surface area (Å²) in [6.45, 7) is 2.59. The SMILES string of the molecule is CCc1ccc(OCC(=O)OCC2CC=CCC2)cc1. The van der Waals surface area contributed by atoms with Gasteiger partial charge in [-0.25, -0.2) is 4.79 Å². The van der Waals surface area contributed by atoms with Crippen molar-refractivity contribution in [2.75, 3.05) is 13.2 Å². The fourth-order valence-corrected chi connectivity index (χ4v) is 2.22. The van der Waals surface area contributed by atoms with Crippen LogP contribution in [0.1, 0.15) is 31.7 Å². The van der Waals surface area contributed by atoms with E-state index in [-0.39, 0.29) is 12.6 Å². The number of aryl methyl sites for hydroxylation is 1. The lowest BCUT2D eigenvalue weighted by Crippen LogP contribution is -2.20. The Morgan fingerprint density at radius 2 is 2.05 bits per heavy atom. The molecule has 1 atom stereocenters. The van der Waals surface area contributed by atoms with Crippen molar-refractivity contribution in [3.05, 3.63) is 42.0 Å². The molecule has 0 saturated carbocycles. The summed E-state index contributed by atoms with van der Waals surface area (Å²) in [4.78, 5) is 11.6. The van der Waals surface area contributed by atoms with E-state index in [9.17, 15) is 4.79 Å². The van der Waals surface area contributed by atoms with Crippen LogP contribution < -0.4 is 4.74 Å². The normalized spacial score (nSPS) is 17.8. The molecule has 0 saturated heterocycles. The molecule has 1 aromatic rings. The Labute approximate surface area is 120 Å². The molecule has 0 aromatic heterocycles. The highest BCUT2D eigenvalue weighted by Gasteiger charge is 2.13. The van der Waals surface area contributed by atoms with E-state index < -0.39 is 0 Å². The third-order valence-electron chi connectivity index (χ3n) is 3.55. The average Bonchev–Trinajstić information content (AvgIpc) is 2.52. The quantitative estimate of drug-likeness (QED) is 0.588. The lowest BCUT2D eigenvalue weighted by Gasteiger charge is -2.17. The van der Waals surface area contributed by atoms with E-state index in [2.05, 4.69) is 19.1 Å². The second-order valence-electron chi connectivity index (χ2n) is 5.12. The Kier molecular flexibility index (Phi) is 5.66. The molecule has 0 spiro atoms. The topological polar surface area (TPSA) is 35.5 Å². The van der Waals surface area contributed by atoms with Gasteiger partial charge in [0.2, 0.25) is 0 Å². The summed E-state index contributed by atoms with van der Waals surface area (Å²) in [6.07, 6.45) is 8.53. The number of ether oxygens (including phenoxy) is 2. The van der Waals surface area contributed by atoms with E-state index in [0.29, 0.717) is 18.3 Å². The summed E-state index contributed by atoms with van der Waals surface area (Å²) >= 11 is 0. The predicted octanol–water partition coefficient (Wildman–Crippen LogP) is 3.53. The van der Waals surface area contributed by atoms with E-state index in [4.69, 9.17) is 9.47 Å². The van der Waals surface area contributed by atoms with Crippen LogP contribution in [0, 0.1) is 5.92 Å². The highest BCUT2D eigenvalue weighted by Crippen LogP contribution is 2.18. The van der Waals surface area contributed by atoms with Crippen molar-refractivity contribution >= 4 is 5.97 Å². The minimum absolute atomic E-state index is 0.0198. The van der Waals surface area contributed by atoms with E-state index >= 15 is 0 Å². The first kappa shape index (κ1) is 14.6.